The first-order valence-corrected chi connectivity index (χ1v) is 5.58. The van der Waals surface area contributed by atoms with Crippen LogP contribution in [0.1, 0.15) is 0 Å². The summed E-state index contributed by atoms with van der Waals surface area (Å²) in [6, 6.07) is 7.78. The number of aromatic nitrogens is 2. The van der Waals surface area contributed by atoms with E-state index in [0.29, 0.717) is 11.4 Å². The smallest absolute Gasteiger partial charge is 0.200 e. The molecule has 0 aliphatic rings. The van der Waals surface area contributed by atoms with Gasteiger partial charge in [-0.3, -0.25) is 0 Å². The molecule has 5 nitrogen and oxygen atoms in total. The van der Waals surface area contributed by atoms with E-state index in [2.05, 4.69) is 15.0 Å². The summed E-state index contributed by atoms with van der Waals surface area (Å²) in [7, 11) is 3.81. The van der Waals surface area contributed by atoms with Crippen LogP contribution in [0.25, 0.3) is 22.1 Å². The van der Waals surface area contributed by atoms with E-state index >= 15 is 0 Å². The third-order valence-corrected chi connectivity index (χ3v) is 2.55. The number of furan rings is 1. The van der Waals surface area contributed by atoms with Crippen molar-refractivity contribution in [1.82, 2.24) is 14.9 Å². The van der Waals surface area contributed by atoms with E-state index < -0.39 is 0 Å². The van der Waals surface area contributed by atoms with Gasteiger partial charge in [0.25, 0.3) is 0 Å². The molecule has 0 N–H and O–H groups in total. The number of hydrogen-bond donors (Lipinski definition) is 0. The average Bonchev–Trinajstić information content (AvgIpc) is 2.75. The topological polar surface area (TPSA) is 54.5 Å². The Balaban J connectivity index is 2.27. The second-order valence-corrected chi connectivity index (χ2v) is 4.18. The summed E-state index contributed by atoms with van der Waals surface area (Å²) in [5.41, 5.74) is 2.22. The maximum absolute atomic E-state index is 5.76. The zero-order valence-electron chi connectivity index (χ0n) is 10.2. The minimum Gasteiger partial charge on any atom is -0.450 e. The highest BCUT2D eigenvalue weighted by Crippen LogP contribution is 2.31. The summed E-state index contributed by atoms with van der Waals surface area (Å²) in [6.07, 6.45) is 3.20. The number of para-hydroxylation sites is 1. The van der Waals surface area contributed by atoms with Crippen molar-refractivity contribution in [3.05, 3.63) is 30.6 Å². The molecule has 5 heteroatoms. The number of benzene rings is 1. The molecule has 2 heterocycles. The van der Waals surface area contributed by atoms with Crippen LogP contribution in [0.2, 0.25) is 0 Å². The fourth-order valence-corrected chi connectivity index (χ4v) is 1.77. The number of hydrogen-bond acceptors (Lipinski definition) is 4. The highest BCUT2D eigenvalue weighted by atomic mass is 16.3. The van der Waals surface area contributed by atoms with Gasteiger partial charge in [0.2, 0.25) is 5.82 Å². The lowest BCUT2D eigenvalue weighted by molar-refractivity contribution is 0.641. The molecule has 3 rings (SSSR count). The van der Waals surface area contributed by atoms with Gasteiger partial charge in [-0.25, -0.2) is 15.0 Å². The fourth-order valence-electron chi connectivity index (χ4n) is 1.77. The van der Waals surface area contributed by atoms with E-state index in [-0.39, 0.29) is 0 Å². The summed E-state index contributed by atoms with van der Waals surface area (Å²) < 4.78 is 5.76. The highest BCUT2D eigenvalue weighted by molar-refractivity contribution is 6.05. The molecule has 0 unspecified atom stereocenters. The molecule has 0 atom stereocenters. The molecular weight excluding hydrogens is 228 g/mol. The van der Waals surface area contributed by atoms with E-state index in [0.717, 1.165) is 16.5 Å². The molecule has 0 aliphatic heterocycles. The van der Waals surface area contributed by atoms with Crippen molar-refractivity contribution >= 4 is 34.2 Å². The van der Waals surface area contributed by atoms with Gasteiger partial charge in [-0.1, -0.05) is 12.1 Å². The maximum Gasteiger partial charge on any atom is 0.200 e. The second kappa shape index (κ2) is 4.10. The molecule has 90 valence electrons. The Labute approximate surface area is 104 Å². The Morgan fingerprint density at radius 2 is 2.06 bits per heavy atom. The lowest BCUT2D eigenvalue weighted by Gasteiger charge is -2.01. The summed E-state index contributed by atoms with van der Waals surface area (Å²) in [6.45, 7) is 0. The molecule has 0 radical (unpaired) electrons. The Bertz CT molecular complexity index is 730. The normalized spacial score (nSPS) is 11.7. The summed E-state index contributed by atoms with van der Waals surface area (Å²) in [4.78, 5) is 14.5. The van der Waals surface area contributed by atoms with Crippen LogP contribution in [-0.4, -0.2) is 35.3 Å². The average molecular weight is 240 g/mol. The Morgan fingerprint density at radius 1 is 1.22 bits per heavy atom. The fraction of sp³-hybridized carbons (Fsp3) is 0.154. The van der Waals surface area contributed by atoms with Gasteiger partial charge in [-0.05, 0) is 12.1 Å². The van der Waals surface area contributed by atoms with Gasteiger partial charge in [0.15, 0.2) is 5.58 Å². The molecule has 0 bridgehead atoms. The van der Waals surface area contributed by atoms with Crippen molar-refractivity contribution in [1.29, 1.82) is 0 Å². The van der Waals surface area contributed by atoms with Gasteiger partial charge in [0.1, 0.15) is 17.4 Å². The van der Waals surface area contributed by atoms with Crippen molar-refractivity contribution in [3.63, 3.8) is 0 Å². The molecule has 18 heavy (non-hydrogen) atoms. The van der Waals surface area contributed by atoms with Crippen molar-refractivity contribution in [3.8, 4) is 0 Å². The number of nitrogens with zero attached hydrogens (tertiary/aromatic N) is 4. The molecule has 3 aromatic rings. The van der Waals surface area contributed by atoms with Crippen LogP contribution in [0.3, 0.4) is 0 Å². The van der Waals surface area contributed by atoms with E-state index in [4.69, 9.17) is 4.42 Å². The summed E-state index contributed by atoms with van der Waals surface area (Å²) in [5, 5.41) is 0.983. The minimum absolute atomic E-state index is 0.546. The van der Waals surface area contributed by atoms with Gasteiger partial charge < -0.3 is 9.32 Å². The van der Waals surface area contributed by atoms with Crippen LogP contribution in [0.5, 0.6) is 0 Å². The van der Waals surface area contributed by atoms with Crippen LogP contribution in [0.4, 0.5) is 5.82 Å². The van der Waals surface area contributed by atoms with Crippen molar-refractivity contribution in [2.75, 3.05) is 14.1 Å². The Hall–Kier alpha value is -2.43. The molecule has 0 spiro atoms. The van der Waals surface area contributed by atoms with Crippen molar-refractivity contribution < 1.29 is 4.42 Å². The van der Waals surface area contributed by atoms with Crippen molar-refractivity contribution in [2.24, 2.45) is 4.99 Å². The number of rotatable bonds is 2. The first-order valence-electron chi connectivity index (χ1n) is 5.58. The van der Waals surface area contributed by atoms with Crippen LogP contribution < -0.4 is 0 Å². The van der Waals surface area contributed by atoms with Crippen LogP contribution in [-0.2, 0) is 0 Å². The first-order chi connectivity index (χ1) is 8.75. The molecule has 0 amide bonds. The van der Waals surface area contributed by atoms with E-state index in [9.17, 15) is 0 Å². The third-order valence-electron chi connectivity index (χ3n) is 2.55. The molecule has 1 aromatic carbocycles. The van der Waals surface area contributed by atoms with Gasteiger partial charge in [0.05, 0.1) is 6.34 Å². The third kappa shape index (κ3) is 1.69. The standard InChI is InChI=1S/C13H12N4O/c1-17(2)8-16-13-12-11(14-7-15-13)9-5-3-4-6-10(9)18-12/h3-8H,1-2H3. The quantitative estimate of drug-likeness (QED) is 0.510. The Morgan fingerprint density at radius 3 is 2.89 bits per heavy atom. The number of aliphatic imine (C=N–C) groups is 1. The predicted octanol–water partition coefficient (Wildman–Crippen LogP) is 2.60. The van der Waals surface area contributed by atoms with Crippen LogP contribution in [0.15, 0.2) is 40.0 Å². The molecule has 0 saturated carbocycles. The van der Waals surface area contributed by atoms with Crippen LogP contribution in [0, 0.1) is 0 Å². The SMILES string of the molecule is CN(C)C=Nc1ncnc2c1oc1ccccc12. The first kappa shape index (κ1) is 10.7. The second-order valence-electron chi connectivity index (χ2n) is 4.18. The predicted molar refractivity (Wildman–Crippen MR) is 71.1 cm³/mol. The van der Waals surface area contributed by atoms with E-state index in [1.54, 1.807) is 6.34 Å². The molecule has 0 aliphatic carbocycles. The molecule has 0 fully saturated rings. The van der Waals surface area contributed by atoms with Crippen molar-refractivity contribution in [2.45, 2.75) is 0 Å². The summed E-state index contributed by atoms with van der Waals surface area (Å²) >= 11 is 0. The van der Waals surface area contributed by atoms with Gasteiger partial charge in [-0.15, -0.1) is 0 Å². The zero-order chi connectivity index (χ0) is 12.5. The van der Waals surface area contributed by atoms with Gasteiger partial charge in [0, 0.05) is 19.5 Å². The zero-order valence-corrected chi connectivity index (χ0v) is 10.2. The largest absolute Gasteiger partial charge is 0.450 e. The van der Waals surface area contributed by atoms with Gasteiger partial charge in [-0.2, -0.15) is 0 Å². The minimum atomic E-state index is 0.546. The highest BCUT2D eigenvalue weighted by Gasteiger charge is 2.11. The molecule has 2 aromatic heterocycles. The van der Waals surface area contributed by atoms with Crippen LogP contribution >= 0.6 is 0 Å². The molecule has 0 saturated heterocycles. The maximum atomic E-state index is 5.76. The van der Waals surface area contributed by atoms with E-state index in [1.165, 1.54) is 6.33 Å². The monoisotopic (exact) mass is 240 g/mol. The molecular formula is C13H12N4O. The number of fused-ring (bicyclic) bond motifs is 3. The Kier molecular flexibility index (Phi) is 2.44. The van der Waals surface area contributed by atoms with E-state index in [1.807, 2.05) is 43.3 Å². The lowest BCUT2D eigenvalue weighted by atomic mass is 10.2. The summed E-state index contributed by atoms with van der Waals surface area (Å²) in [5.74, 6) is 0.546. The van der Waals surface area contributed by atoms with Gasteiger partial charge >= 0.3 is 0 Å². The lowest BCUT2D eigenvalue weighted by Crippen LogP contribution is -2.07.